The number of likely N-dealkylation sites (N-methyl/N-ethyl adjacent to an activating group) is 1. The minimum atomic E-state index is 0.666. The number of rotatable bonds is 2. The molecular formula is C17H25N5. The van der Waals surface area contributed by atoms with E-state index in [4.69, 9.17) is 0 Å². The van der Waals surface area contributed by atoms with Crippen molar-refractivity contribution in [2.24, 2.45) is 0 Å². The second kappa shape index (κ2) is 5.89. The summed E-state index contributed by atoms with van der Waals surface area (Å²) in [5.41, 5.74) is 3.77. The summed E-state index contributed by atoms with van der Waals surface area (Å²) in [4.78, 5) is 12.9. The molecule has 0 unspecified atom stereocenters. The van der Waals surface area contributed by atoms with Crippen LogP contribution in [0.1, 0.15) is 24.3 Å². The number of pyridine rings is 1. The standard InChI is InChI=1S/C17H25N5/c1-21-6-8-22(9-7-21)14-10-15-16(12-20-17(15)19-11-14)13-2-4-18-5-3-13/h10-13,18H,2-9H2,1H3,(H,19,20). The first-order valence-electron chi connectivity index (χ1n) is 8.42. The first-order chi connectivity index (χ1) is 10.8. The van der Waals surface area contributed by atoms with Gasteiger partial charge in [0.25, 0.3) is 0 Å². The van der Waals surface area contributed by atoms with Gasteiger partial charge in [0.15, 0.2) is 0 Å². The van der Waals surface area contributed by atoms with Gasteiger partial charge in [-0.2, -0.15) is 0 Å². The Kier molecular flexibility index (Phi) is 3.76. The topological polar surface area (TPSA) is 47.2 Å². The molecule has 2 aromatic heterocycles. The summed E-state index contributed by atoms with van der Waals surface area (Å²) in [5.74, 6) is 0.666. The van der Waals surface area contributed by atoms with Gasteiger partial charge in [-0.15, -0.1) is 0 Å². The molecular weight excluding hydrogens is 274 g/mol. The van der Waals surface area contributed by atoms with E-state index in [0.717, 1.165) is 44.9 Å². The lowest BCUT2D eigenvalue weighted by Crippen LogP contribution is -2.44. The molecule has 2 aromatic rings. The zero-order valence-electron chi connectivity index (χ0n) is 13.3. The number of hydrogen-bond acceptors (Lipinski definition) is 4. The summed E-state index contributed by atoms with van der Waals surface area (Å²) in [5, 5.41) is 4.78. The van der Waals surface area contributed by atoms with Crippen molar-refractivity contribution in [2.75, 3.05) is 51.2 Å². The molecule has 0 amide bonds. The van der Waals surface area contributed by atoms with Crippen molar-refractivity contribution in [3.63, 3.8) is 0 Å². The highest BCUT2D eigenvalue weighted by Gasteiger charge is 2.20. The van der Waals surface area contributed by atoms with E-state index in [2.05, 4.69) is 44.4 Å². The first-order valence-corrected chi connectivity index (χ1v) is 8.42. The first kappa shape index (κ1) is 14.0. The molecule has 5 nitrogen and oxygen atoms in total. The van der Waals surface area contributed by atoms with Crippen molar-refractivity contribution in [1.29, 1.82) is 0 Å². The second-order valence-corrected chi connectivity index (χ2v) is 6.65. The van der Waals surface area contributed by atoms with Gasteiger partial charge in [-0.05, 0) is 50.5 Å². The molecule has 0 aromatic carbocycles. The fourth-order valence-electron chi connectivity index (χ4n) is 3.72. The van der Waals surface area contributed by atoms with Crippen molar-refractivity contribution >= 4 is 16.7 Å². The molecule has 2 aliphatic rings. The van der Waals surface area contributed by atoms with Crippen molar-refractivity contribution in [3.8, 4) is 0 Å². The number of anilines is 1. The monoisotopic (exact) mass is 299 g/mol. The Balaban J connectivity index is 1.64. The van der Waals surface area contributed by atoms with Crippen LogP contribution in [0.2, 0.25) is 0 Å². The fraction of sp³-hybridized carbons (Fsp3) is 0.588. The van der Waals surface area contributed by atoms with Crippen molar-refractivity contribution in [3.05, 3.63) is 24.0 Å². The summed E-state index contributed by atoms with van der Waals surface area (Å²) in [6, 6.07) is 2.35. The Morgan fingerprint density at radius 3 is 2.68 bits per heavy atom. The minimum Gasteiger partial charge on any atom is -0.368 e. The van der Waals surface area contributed by atoms with Gasteiger partial charge in [0.1, 0.15) is 5.65 Å². The molecule has 2 N–H and O–H groups in total. The van der Waals surface area contributed by atoms with Crippen LogP contribution in [0.25, 0.3) is 11.0 Å². The average molecular weight is 299 g/mol. The zero-order chi connectivity index (χ0) is 14.9. The molecule has 0 spiro atoms. The van der Waals surface area contributed by atoms with Gasteiger partial charge in [0, 0.05) is 37.8 Å². The van der Waals surface area contributed by atoms with E-state index in [0.29, 0.717) is 5.92 Å². The van der Waals surface area contributed by atoms with Crippen LogP contribution in [-0.2, 0) is 0 Å². The van der Waals surface area contributed by atoms with Crippen LogP contribution in [0.4, 0.5) is 5.69 Å². The third kappa shape index (κ3) is 2.59. The molecule has 2 saturated heterocycles. The van der Waals surface area contributed by atoms with E-state index >= 15 is 0 Å². The van der Waals surface area contributed by atoms with Crippen LogP contribution in [0, 0.1) is 0 Å². The second-order valence-electron chi connectivity index (χ2n) is 6.65. The maximum Gasteiger partial charge on any atom is 0.137 e. The molecule has 2 aliphatic heterocycles. The normalized spacial score (nSPS) is 21.6. The number of aromatic amines is 1. The number of piperazine rings is 1. The lowest BCUT2D eigenvalue weighted by molar-refractivity contribution is 0.313. The number of hydrogen-bond donors (Lipinski definition) is 2. The number of aromatic nitrogens is 2. The van der Waals surface area contributed by atoms with E-state index in [9.17, 15) is 0 Å². The quantitative estimate of drug-likeness (QED) is 0.887. The molecule has 0 bridgehead atoms. The molecule has 4 heterocycles. The van der Waals surface area contributed by atoms with Gasteiger partial charge in [-0.1, -0.05) is 0 Å². The third-order valence-corrected chi connectivity index (χ3v) is 5.20. The molecule has 118 valence electrons. The highest BCUT2D eigenvalue weighted by atomic mass is 15.2. The SMILES string of the molecule is CN1CCN(c2cnc3[nH]cc(C4CCNCC4)c3c2)CC1. The van der Waals surface area contributed by atoms with Crippen LogP contribution in [-0.4, -0.2) is 61.2 Å². The lowest BCUT2D eigenvalue weighted by atomic mass is 9.90. The molecule has 5 heteroatoms. The van der Waals surface area contributed by atoms with Crippen LogP contribution >= 0.6 is 0 Å². The Morgan fingerprint density at radius 2 is 1.91 bits per heavy atom. The maximum atomic E-state index is 4.66. The van der Waals surface area contributed by atoms with Gasteiger partial charge in [0.2, 0.25) is 0 Å². The molecule has 22 heavy (non-hydrogen) atoms. The van der Waals surface area contributed by atoms with Gasteiger partial charge in [-0.3, -0.25) is 0 Å². The van der Waals surface area contributed by atoms with Crippen LogP contribution < -0.4 is 10.2 Å². The van der Waals surface area contributed by atoms with Crippen molar-refractivity contribution in [2.45, 2.75) is 18.8 Å². The predicted octanol–water partition coefficient (Wildman–Crippen LogP) is 1.78. The van der Waals surface area contributed by atoms with Crippen LogP contribution in [0.3, 0.4) is 0 Å². The Bertz CT molecular complexity index is 636. The molecule has 0 atom stereocenters. The van der Waals surface area contributed by atoms with Gasteiger partial charge in [-0.25, -0.2) is 4.98 Å². The maximum absolute atomic E-state index is 4.66. The Morgan fingerprint density at radius 1 is 1.14 bits per heavy atom. The summed E-state index contributed by atoms with van der Waals surface area (Å²) in [6.07, 6.45) is 6.66. The van der Waals surface area contributed by atoms with Crippen molar-refractivity contribution in [1.82, 2.24) is 20.2 Å². The molecule has 0 aliphatic carbocycles. The van der Waals surface area contributed by atoms with Gasteiger partial charge in [0.05, 0.1) is 11.9 Å². The lowest BCUT2D eigenvalue weighted by Gasteiger charge is -2.33. The molecule has 4 rings (SSSR count). The minimum absolute atomic E-state index is 0.666. The van der Waals surface area contributed by atoms with E-state index in [1.54, 1.807) is 0 Å². The Labute approximate surface area is 131 Å². The smallest absolute Gasteiger partial charge is 0.137 e. The summed E-state index contributed by atoms with van der Waals surface area (Å²) in [6.45, 7) is 6.71. The third-order valence-electron chi connectivity index (χ3n) is 5.20. The molecule has 2 fully saturated rings. The number of nitrogens with zero attached hydrogens (tertiary/aromatic N) is 3. The van der Waals surface area contributed by atoms with E-state index in [1.165, 1.54) is 29.5 Å². The number of fused-ring (bicyclic) bond motifs is 1. The Hall–Kier alpha value is -1.59. The molecule has 0 saturated carbocycles. The van der Waals surface area contributed by atoms with E-state index in [1.807, 2.05) is 6.20 Å². The van der Waals surface area contributed by atoms with Crippen LogP contribution in [0.5, 0.6) is 0 Å². The predicted molar refractivity (Wildman–Crippen MR) is 90.6 cm³/mol. The van der Waals surface area contributed by atoms with E-state index in [-0.39, 0.29) is 0 Å². The van der Waals surface area contributed by atoms with Crippen LogP contribution in [0.15, 0.2) is 18.5 Å². The summed E-state index contributed by atoms with van der Waals surface area (Å²) in [7, 11) is 2.19. The largest absolute Gasteiger partial charge is 0.368 e. The number of nitrogens with one attached hydrogen (secondary N) is 2. The highest BCUT2D eigenvalue weighted by Crippen LogP contribution is 2.32. The summed E-state index contributed by atoms with van der Waals surface area (Å²) >= 11 is 0. The van der Waals surface area contributed by atoms with Gasteiger partial charge >= 0.3 is 0 Å². The number of H-pyrrole nitrogens is 1. The zero-order valence-corrected chi connectivity index (χ0v) is 13.3. The number of piperidine rings is 1. The highest BCUT2D eigenvalue weighted by molar-refractivity contribution is 5.83. The van der Waals surface area contributed by atoms with E-state index < -0.39 is 0 Å². The summed E-state index contributed by atoms with van der Waals surface area (Å²) < 4.78 is 0. The fourth-order valence-corrected chi connectivity index (χ4v) is 3.72. The van der Waals surface area contributed by atoms with Crippen molar-refractivity contribution < 1.29 is 0 Å². The average Bonchev–Trinajstić information content (AvgIpc) is 2.99. The molecule has 0 radical (unpaired) electrons. The van der Waals surface area contributed by atoms with Gasteiger partial charge < -0.3 is 20.1 Å².